The number of benzene rings is 1. The van der Waals surface area contributed by atoms with Gasteiger partial charge in [0.25, 0.3) is 11.5 Å². The highest BCUT2D eigenvalue weighted by Gasteiger charge is 2.60. The molecule has 3 fully saturated rings. The van der Waals surface area contributed by atoms with E-state index in [1.54, 1.807) is 27.2 Å². The fraction of sp³-hybridized carbons (Fsp3) is 0.525. The Morgan fingerprint density at radius 3 is 2.04 bits per heavy atom. The molecule has 0 aliphatic carbocycles. The number of anilines is 2. The maximum absolute atomic E-state index is 13.8. The van der Waals surface area contributed by atoms with Gasteiger partial charge in [-0.1, -0.05) is 72.7 Å². The molecule has 17 atom stereocenters. The van der Waals surface area contributed by atoms with Gasteiger partial charge in [0, 0.05) is 81.5 Å². The predicted molar refractivity (Wildman–Crippen MR) is 450 cm³/mol. The number of nitrogens with two attached hydrogens (primary N) is 3. The van der Waals surface area contributed by atoms with Crippen molar-refractivity contribution >= 4 is 140 Å². The molecule has 4 aromatic rings. The van der Waals surface area contributed by atoms with E-state index >= 15 is 0 Å². The number of fused-ring (bicyclic) bond motifs is 5. The normalized spacial score (nSPS) is 21.9. The first kappa shape index (κ1) is 101. The molecule has 3 saturated heterocycles. The third-order valence-electron chi connectivity index (χ3n) is 20.3. The first-order valence-corrected chi connectivity index (χ1v) is 42.3. The number of nitrogens with one attached hydrogen (secondary N) is 8. The molecule has 2 bridgehead atoms. The van der Waals surface area contributed by atoms with Crippen molar-refractivity contribution in [2.24, 2.45) is 40.1 Å². The second kappa shape index (κ2) is 48.1. The number of guanidine groups is 1. The minimum absolute atomic E-state index is 0.00122. The number of esters is 2. The molecule has 0 unspecified atom stereocenters. The zero-order chi connectivity index (χ0) is 92.8. The number of carboxylic acid groups (broad SMARTS) is 5. The van der Waals surface area contributed by atoms with Crippen LogP contribution in [0, 0.1) is 30.6 Å². The molecule has 19 N–H and O–H groups in total. The Bertz CT molecular complexity index is 4810. The number of rotatable bonds is 42. The lowest BCUT2D eigenvalue weighted by molar-refractivity contribution is -0.159. The topological polar surface area (TPSA) is 684 Å². The third kappa shape index (κ3) is 32.2. The van der Waals surface area contributed by atoms with E-state index < -0.39 is 193 Å². The van der Waals surface area contributed by atoms with E-state index in [-0.39, 0.29) is 104 Å². The van der Waals surface area contributed by atoms with Gasteiger partial charge in [-0.2, -0.15) is 4.98 Å². The Morgan fingerprint density at radius 1 is 0.778 bits per heavy atom. The van der Waals surface area contributed by atoms with Crippen LogP contribution in [0.1, 0.15) is 140 Å². The zero-order valence-corrected chi connectivity index (χ0v) is 72.0. The molecule has 6 amide bonds. The summed E-state index contributed by atoms with van der Waals surface area (Å²) in [6.45, 7) is 13.1. The Kier molecular flexibility index (Phi) is 38.4. The minimum Gasteiger partial charge on any atom is -0.481 e. The van der Waals surface area contributed by atoms with Gasteiger partial charge in [0.2, 0.25) is 35.5 Å². The maximum Gasteiger partial charge on any atom is 0.508 e. The number of ether oxygens (including phenoxy) is 7. The number of amides is 6. The van der Waals surface area contributed by atoms with Crippen LogP contribution in [-0.4, -0.2) is 257 Å². The molecule has 7 heterocycles. The van der Waals surface area contributed by atoms with Gasteiger partial charge in [-0.3, -0.25) is 67.5 Å². The van der Waals surface area contributed by atoms with Crippen molar-refractivity contribution in [2.75, 3.05) is 49.9 Å². The van der Waals surface area contributed by atoms with Gasteiger partial charge in [0.05, 0.1) is 55.8 Å². The number of methoxy groups -OCH3 is 1. The number of carboxylic acids is 5. The monoisotopic (exact) mass is 1800 g/mol. The largest absolute Gasteiger partial charge is 0.508 e. The summed E-state index contributed by atoms with van der Waals surface area (Å²) in [6.07, 6.45) is 6.22. The van der Waals surface area contributed by atoms with E-state index in [0.29, 0.717) is 41.6 Å². The van der Waals surface area contributed by atoms with Gasteiger partial charge in [-0.05, 0) is 100 Å². The third-order valence-corrected chi connectivity index (χ3v) is 22.8. The Balaban J connectivity index is 0.000000350. The molecule has 46 heteroatoms. The van der Waals surface area contributed by atoms with Crippen LogP contribution in [0.25, 0.3) is 17.2 Å². The van der Waals surface area contributed by atoms with E-state index in [2.05, 4.69) is 61.8 Å². The van der Waals surface area contributed by atoms with Gasteiger partial charge >= 0.3 is 47.9 Å². The van der Waals surface area contributed by atoms with Crippen molar-refractivity contribution < 1.29 is 130 Å². The van der Waals surface area contributed by atoms with E-state index in [4.69, 9.17) is 65.0 Å². The van der Waals surface area contributed by atoms with Crippen molar-refractivity contribution in [2.45, 2.75) is 204 Å². The van der Waals surface area contributed by atoms with Crippen LogP contribution in [0.5, 0.6) is 0 Å². The van der Waals surface area contributed by atoms with E-state index in [0.717, 1.165) is 23.9 Å². The number of hydrogen-bond acceptors (Lipinski definition) is 32. The molecule has 0 radical (unpaired) electrons. The molecule has 686 valence electrons. The number of aryl methyl sites for hydroxylation is 1. The summed E-state index contributed by atoms with van der Waals surface area (Å²) in [5.74, 6) is -14.7. The first-order chi connectivity index (χ1) is 59.6. The summed E-state index contributed by atoms with van der Waals surface area (Å²) in [6, 6.07) is -3.20. The molecule has 3 aromatic heterocycles. The van der Waals surface area contributed by atoms with Crippen LogP contribution in [-0.2, 0) is 97.2 Å². The second-order valence-electron chi connectivity index (χ2n) is 30.3. The molecule has 44 nitrogen and oxygen atoms in total. The molecule has 0 spiro atoms. The van der Waals surface area contributed by atoms with Gasteiger partial charge in [0.1, 0.15) is 78.8 Å². The second-order valence-corrected chi connectivity index (χ2v) is 33.0. The number of nitrogens with zero attached hydrogens (tertiary/aromatic N) is 5. The zero-order valence-electron chi connectivity index (χ0n) is 70.4. The summed E-state index contributed by atoms with van der Waals surface area (Å²) in [5, 5.41) is 63.0. The number of carbonyl (C=O) groups is 14. The number of nitrogen functional groups attached to an aromatic ring is 1. The number of aliphatic imine (C=N–C) groups is 1. The van der Waals surface area contributed by atoms with Gasteiger partial charge in [-0.15, -0.1) is 0 Å². The number of hydrogen-bond donors (Lipinski definition) is 16. The summed E-state index contributed by atoms with van der Waals surface area (Å²) in [4.78, 5) is 211. The van der Waals surface area contributed by atoms with E-state index in [9.17, 15) is 87.2 Å². The van der Waals surface area contributed by atoms with Crippen LogP contribution in [0.3, 0.4) is 0 Å². The van der Waals surface area contributed by atoms with Crippen LogP contribution >= 0.6 is 21.6 Å². The molecule has 1 aromatic carbocycles. The average Bonchev–Trinajstić information content (AvgIpc) is 1.59. The number of likely N-dealkylation sites (N-methyl/N-ethyl adjacent to an activating group) is 1. The predicted octanol–water partition coefficient (Wildman–Crippen LogP) is 2.34. The first-order valence-electron chi connectivity index (χ1n) is 39.9. The lowest BCUT2D eigenvalue weighted by Gasteiger charge is -2.33. The van der Waals surface area contributed by atoms with E-state index in [1.165, 1.54) is 52.1 Å². The number of oxazole rings is 1. The summed E-state index contributed by atoms with van der Waals surface area (Å²) >= 11 is 0. The van der Waals surface area contributed by atoms with E-state index in [1.807, 2.05) is 76.4 Å². The molecule has 8 rings (SSSR count). The summed E-state index contributed by atoms with van der Waals surface area (Å²) in [5.41, 5.74) is 18.1. The number of aromatic nitrogens is 5. The van der Waals surface area contributed by atoms with Crippen LogP contribution in [0.2, 0.25) is 0 Å². The standard InChI is InChI=1S/C42H57NO13S2.C38H49N15O15/c1-23(16-30-21-51-28(6)43-30)10-9-11-25(3)37(49-8)27(5)32-20-35(55-41(48)50-14-15-57-58-22-26(4)39(45)46)42(7)34(56-42)13-12-24(2)31-17-29(19-36(44)52-31)18-33-38(53-33)40(47)54-32;1-42-31(62)21(11-25(55)56)50-34(65)23(13-27(59)60)51-32(63)19(3-2-10-43-37(39)40)48-33(64)22(12-26(57)58)47-24(54)9-8-20(36(67)68)49-30(61)16-4-6-17(7-5-16)44-14-18-15-45-29-28(46-18)35(66)53-38(41)52-29/h9-13,16,21,24,26-27,29,31-35,37-38H,14-15,17-20,22H2,1-8H3,(H,45,46);4-7,15,19-23,44H,2-3,8-14H2,1H3,(H,42,62)(H,47,54)(H,48,64)(H,49,61)(H,50,65)(H,51,63)(H,55,56)(H,57,58)(H,59,60)(H,67,68)(H4,39,40,43)(H3,41,45,52,53,66)/b10-9+,13-12+,23-16+,25-11+;/t24-,26+,27+,29+,31-,32+,33+,34-,35+,37+,38-,42+;19-,20-,21-,22-,23-/m10/s1. The van der Waals surface area contributed by atoms with Crippen LogP contribution < -0.4 is 60.0 Å². The van der Waals surface area contributed by atoms with Crippen molar-refractivity contribution in [1.82, 2.24) is 56.8 Å². The quantitative estimate of drug-likeness (QED) is 0.00348. The molecular weight excluding hydrogens is 1700 g/mol. The van der Waals surface area contributed by atoms with Gasteiger partial charge < -0.3 is 118 Å². The average molecular weight is 1800 g/mol. The van der Waals surface area contributed by atoms with Gasteiger partial charge in [-0.25, -0.2) is 29.3 Å². The SMILES string of the molecule is CNC(=O)[C@H](CC(=O)O)NC(=O)[C@H](CC(=O)O)NC(=O)[C@H](CCCN=C(N)N)NC(=O)[C@H](CC(=O)O)NC(=O)CC[C@H](NC(=O)c1ccc(NCc2cnc3nc(N)[nH]c(=O)c3n2)cc1)C(=O)O.CO[C@@H](/C(C)=C/C=C/C(C)=C/c1coc(C)n1)[C@@H](C)[C@@H]1C[C@H](OC(=O)OCCSSC[C@H](C)C(=O)O)[C@@]2(C)O[C@@H]2/C=C/[C@@H](C)[C@H]2C[C@H](CC(=O)O2)C[C@@H]2O[C@H]2C(=O)O1. The summed E-state index contributed by atoms with van der Waals surface area (Å²) < 4.78 is 46.9. The number of epoxide rings is 2. The molecule has 4 aliphatic rings. The lowest BCUT2D eigenvalue weighted by atomic mass is 9.84. The fourth-order valence-electron chi connectivity index (χ4n) is 13.3. The highest BCUT2D eigenvalue weighted by molar-refractivity contribution is 8.76. The Hall–Kier alpha value is -12.6. The van der Waals surface area contributed by atoms with Crippen molar-refractivity contribution in [3.63, 3.8) is 0 Å². The lowest BCUT2D eigenvalue weighted by Crippen LogP contribution is -2.58. The number of allylic oxidation sites excluding steroid dienone is 4. The number of H-pyrrole nitrogens is 1. The number of aromatic amines is 1. The molecular formula is C80H106N16O28S2. The van der Waals surface area contributed by atoms with Crippen LogP contribution in [0.15, 0.2) is 92.5 Å². The number of cyclic esters (lactones) is 1. The Morgan fingerprint density at radius 2 is 1.42 bits per heavy atom. The van der Waals surface area contributed by atoms with Gasteiger partial charge in [0.15, 0.2) is 29.1 Å². The Labute approximate surface area is 729 Å². The number of carbonyl (C=O) groups excluding carboxylic acids is 9. The van der Waals surface area contributed by atoms with Crippen molar-refractivity contribution in [3.8, 4) is 0 Å². The molecule has 4 aliphatic heterocycles. The molecule has 0 saturated carbocycles. The summed E-state index contributed by atoms with van der Waals surface area (Å²) in [7, 11) is 5.53. The van der Waals surface area contributed by atoms with Crippen molar-refractivity contribution in [1.29, 1.82) is 0 Å². The highest BCUT2D eigenvalue weighted by atomic mass is 33.1. The minimum atomic E-state index is -1.95. The fourth-order valence-corrected chi connectivity index (χ4v) is 15.5. The molecule has 126 heavy (non-hydrogen) atoms. The highest BCUT2D eigenvalue weighted by Crippen LogP contribution is 2.46. The van der Waals surface area contributed by atoms with Crippen LogP contribution in [0.4, 0.5) is 16.4 Å². The van der Waals surface area contributed by atoms with Crippen molar-refractivity contribution in [3.05, 3.63) is 111 Å². The number of aliphatic carboxylic acids is 5. The maximum atomic E-state index is 13.8. The smallest absolute Gasteiger partial charge is 0.481 e.